The molecule has 0 aromatic heterocycles. The van der Waals surface area contributed by atoms with Crippen LogP contribution < -0.4 is 15.8 Å². The van der Waals surface area contributed by atoms with Gasteiger partial charge in [-0.15, -0.1) is 37.1 Å². The lowest BCUT2D eigenvalue weighted by atomic mass is 10.0. The molecule has 1 aromatic rings. The number of hydrogen-bond acceptors (Lipinski definition) is 3. The van der Waals surface area contributed by atoms with Crippen LogP contribution in [0.15, 0.2) is 54.6 Å². The van der Waals surface area contributed by atoms with E-state index in [-0.39, 0.29) is 36.1 Å². The van der Waals surface area contributed by atoms with E-state index in [1.165, 1.54) is 0 Å². The van der Waals surface area contributed by atoms with Crippen molar-refractivity contribution in [1.29, 1.82) is 0 Å². The van der Waals surface area contributed by atoms with Crippen molar-refractivity contribution in [2.24, 2.45) is 16.6 Å². The number of para-hydroxylation sites is 1. The zero-order valence-corrected chi connectivity index (χ0v) is 18.8. The van der Waals surface area contributed by atoms with E-state index in [0.717, 1.165) is 30.8 Å². The first-order chi connectivity index (χ1) is 12.6. The maximum atomic E-state index is 6.20. The average molecular weight is 484 g/mol. The quantitative estimate of drug-likeness (QED) is 0.243. The number of nitrogens with zero attached hydrogens (tertiary/aromatic N) is 2. The molecule has 0 bridgehead atoms. The van der Waals surface area contributed by atoms with E-state index in [1.807, 2.05) is 30.4 Å². The predicted octanol–water partition coefficient (Wildman–Crippen LogP) is 3.73. The maximum Gasteiger partial charge on any atom is 0.189 e. The molecule has 1 aliphatic rings. The van der Waals surface area contributed by atoms with Crippen LogP contribution in [0.25, 0.3) is 0 Å². The summed E-state index contributed by atoms with van der Waals surface area (Å²) in [5.41, 5.74) is 7.33. The zero-order valence-electron chi connectivity index (χ0n) is 16.4. The van der Waals surface area contributed by atoms with Gasteiger partial charge in [-0.3, -0.25) is 9.89 Å². The molecule has 0 spiro atoms. The van der Waals surface area contributed by atoms with Gasteiger partial charge in [0.1, 0.15) is 5.75 Å². The second-order valence-electron chi connectivity index (χ2n) is 6.94. The average Bonchev–Trinajstić information content (AvgIpc) is 2.62. The van der Waals surface area contributed by atoms with Crippen LogP contribution in [0.1, 0.15) is 31.9 Å². The molecule has 1 aromatic carbocycles. The van der Waals surface area contributed by atoms with Gasteiger partial charge in [0.15, 0.2) is 5.96 Å². The largest absolute Gasteiger partial charge is 0.493 e. The fraction of sp³-hybridized carbons (Fsp3) is 0.476. The van der Waals surface area contributed by atoms with Crippen LogP contribution in [0.3, 0.4) is 0 Å². The number of nitrogens with one attached hydrogen (secondary N) is 1. The standard InChI is InChI=1S/C21H32N4O.HI/c1-5-12-25(13-6-2)19(16(3)4)15-23-21(22)24-18-11-14-26-20-10-8-7-9-17(18)20;/h5-10,16,18-19H,1-2,11-15H2,3-4H3,(H3,22,23,24);1H. The van der Waals surface area contributed by atoms with Crippen LogP contribution in [0.5, 0.6) is 5.75 Å². The number of benzene rings is 1. The van der Waals surface area contributed by atoms with Gasteiger partial charge in [-0.05, 0) is 12.0 Å². The highest BCUT2D eigenvalue weighted by molar-refractivity contribution is 14.0. The Kier molecular flexibility index (Phi) is 10.5. The molecule has 5 nitrogen and oxygen atoms in total. The van der Waals surface area contributed by atoms with Gasteiger partial charge in [0.05, 0.1) is 19.2 Å². The van der Waals surface area contributed by atoms with Crippen LogP contribution in [0.2, 0.25) is 0 Å². The van der Waals surface area contributed by atoms with E-state index in [4.69, 9.17) is 10.5 Å². The molecule has 2 unspecified atom stereocenters. The van der Waals surface area contributed by atoms with E-state index in [1.54, 1.807) is 0 Å². The zero-order chi connectivity index (χ0) is 18.9. The van der Waals surface area contributed by atoms with E-state index in [2.05, 4.69) is 48.3 Å². The second kappa shape index (κ2) is 12.0. The van der Waals surface area contributed by atoms with Gasteiger partial charge >= 0.3 is 0 Å². The third-order valence-corrected chi connectivity index (χ3v) is 4.70. The number of ether oxygens (including phenoxy) is 1. The molecule has 1 heterocycles. The Morgan fingerprint density at radius 2 is 2.00 bits per heavy atom. The summed E-state index contributed by atoms with van der Waals surface area (Å²) < 4.78 is 5.70. The maximum absolute atomic E-state index is 6.20. The minimum absolute atomic E-state index is 0. The van der Waals surface area contributed by atoms with E-state index < -0.39 is 0 Å². The Morgan fingerprint density at radius 1 is 1.33 bits per heavy atom. The molecule has 0 fully saturated rings. The number of fused-ring (bicyclic) bond motifs is 1. The molecule has 0 aliphatic carbocycles. The first-order valence-corrected chi connectivity index (χ1v) is 9.30. The molecule has 1 aliphatic heterocycles. The Labute approximate surface area is 180 Å². The lowest BCUT2D eigenvalue weighted by molar-refractivity contribution is 0.195. The molecule has 0 amide bonds. The highest BCUT2D eigenvalue weighted by Gasteiger charge is 2.22. The summed E-state index contributed by atoms with van der Waals surface area (Å²) in [6.07, 6.45) is 4.71. The Morgan fingerprint density at radius 3 is 2.63 bits per heavy atom. The SMILES string of the molecule is C=CCN(CC=C)C(CN=C(N)NC1CCOc2ccccc21)C(C)C.I. The molecule has 0 saturated heterocycles. The topological polar surface area (TPSA) is 62.9 Å². The van der Waals surface area contributed by atoms with Gasteiger partial charge in [-0.25, -0.2) is 0 Å². The van der Waals surface area contributed by atoms with Crippen LogP contribution in [-0.4, -0.2) is 43.1 Å². The predicted molar refractivity (Wildman–Crippen MR) is 125 cm³/mol. The van der Waals surface area contributed by atoms with Gasteiger partial charge in [0.25, 0.3) is 0 Å². The molecule has 2 atom stereocenters. The van der Waals surface area contributed by atoms with Crippen LogP contribution in [0.4, 0.5) is 0 Å². The molecular formula is C21H33IN4O. The Hall–Kier alpha value is -1.54. The molecular weight excluding hydrogens is 451 g/mol. The highest BCUT2D eigenvalue weighted by Crippen LogP contribution is 2.31. The van der Waals surface area contributed by atoms with Gasteiger partial charge in [0, 0.05) is 31.1 Å². The summed E-state index contributed by atoms with van der Waals surface area (Å²) in [5, 5.41) is 3.36. The van der Waals surface area contributed by atoms with Gasteiger partial charge in [0.2, 0.25) is 0 Å². The first-order valence-electron chi connectivity index (χ1n) is 9.30. The minimum atomic E-state index is 0. The normalized spacial score (nSPS) is 17.5. The molecule has 150 valence electrons. The first kappa shape index (κ1) is 23.5. The van der Waals surface area contributed by atoms with Gasteiger partial charge in [-0.1, -0.05) is 44.2 Å². The third kappa shape index (κ3) is 6.84. The van der Waals surface area contributed by atoms with Gasteiger partial charge < -0.3 is 15.8 Å². The summed E-state index contributed by atoms with van der Waals surface area (Å²) in [4.78, 5) is 6.96. The smallest absolute Gasteiger partial charge is 0.189 e. The molecule has 2 rings (SSSR count). The summed E-state index contributed by atoms with van der Waals surface area (Å²) in [6, 6.07) is 8.50. The van der Waals surface area contributed by atoms with E-state index >= 15 is 0 Å². The van der Waals surface area contributed by atoms with Crippen molar-refractivity contribution >= 4 is 29.9 Å². The van der Waals surface area contributed by atoms with Gasteiger partial charge in [-0.2, -0.15) is 0 Å². The fourth-order valence-electron chi connectivity index (χ4n) is 3.33. The van der Waals surface area contributed by atoms with Crippen LogP contribution >= 0.6 is 24.0 Å². The van der Waals surface area contributed by atoms with Crippen molar-refractivity contribution in [3.05, 3.63) is 55.1 Å². The molecule has 3 N–H and O–H groups in total. The molecule has 0 saturated carbocycles. The molecule has 27 heavy (non-hydrogen) atoms. The van der Waals surface area contributed by atoms with E-state index in [9.17, 15) is 0 Å². The monoisotopic (exact) mass is 484 g/mol. The van der Waals surface area contributed by atoms with Crippen LogP contribution in [-0.2, 0) is 0 Å². The second-order valence-corrected chi connectivity index (χ2v) is 6.94. The lowest BCUT2D eigenvalue weighted by Gasteiger charge is -2.32. The van der Waals surface area contributed by atoms with Crippen molar-refractivity contribution in [1.82, 2.24) is 10.2 Å². The minimum Gasteiger partial charge on any atom is -0.493 e. The number of aliphatic imine (C=N–C) groups is 1. The number of nitrogens with two attached hydrogens (primary N) is 1. The third-order valence-electron chi connectivity index (χ3n) is 4.70. The van der Waals surface area contributed by atoms with Crippen LogP contribution in [0, 0.1) is 5.92 Å². The Bertz CT molecular complexity index is 622. The summed E-state index contributed by atoms with van der Waals surface area (Å²) in [5.74, 6) is 1.86. The lowest BCUT2D eigenvalue weighted by Crippen LogP contribution is -2.43. The number of hydrogen-bond donors (Lipinski definition) is 2. The van der Waals surface area contributed by atoms with E-state index in [0.29, 0.717) is 25.0 Å². The van der Waals surface area contributed by atoms with Crippen molar-refractivity contribution in [3.63, 3.8) is 0 Å². The molecule has 0 radical (unpaired) electrons. The number of rotatable bonds is 9. The van der Waals surface area contributed by atoms with Crippen molar-refractivity contribution in [3.8, 4) is 5.75 Å². The van der Waals surface area contributed by atoms with Crippen molar-refractivity contribution in [2.75, 3.05) is 26.2 Å². The highest BCUT2D eigenvalue weighted by atomic mass is 127. The number of guanidine groups is 1. The Balaban J connectivity index is 0.00000364. The molecule has 6 heteroatoms. The summed E-state index contributed by atoms with van der Waals surface area (Å²) in [7, 11) is 0. The van der Waals surface area contributed by atoms with Crippen molar-refractivity contribution < 1.29 is 4.74 Å². The summed E-state index contributed by atoms with van der Waals surface area (Å²) in [6.45, 7) is 15.1. The fourth-order valence-corrected chi connectivity index (χ4v) is 3.33. The summed E-state index contributed by atoms with van der Waals surface area (Å²) >= 11 is 0. The van der Waals surface area contributed by atoms with Crippen molar-refractivity contribution in [2.45, 2.75) is 32.4 Å². The number of halogens is 1.